The summed E-state index contributed by atoms with van der Waals surface area (Å²) in [4.78, 5) is 25.9. The highest BCUT2D eigenvalue weighted by atomic mass is 32.1. The van der Waals surface area contributed by atoms with Gasteiger partial charge in [-0.05, 0) is 13.8 Å². The molecular formula is C8H12N4O4S. The highest BCUT2D eigenvalue weighted by Crippen LogP contribution is 2.14. The number of rotatable bonds is 4. The molecule has 0 saturated heterocycles. The Morgan fingerprint density at radius 1 is 1.18 bits per heavy atom. The SMILES string of the molecule is CCOC(=O)Nc1nsc(NC(=O)OCC)n1. The van der Waals surface area contributed by atoms with E-state index in [0.717, 1.165) is 11.5 Å². The first-order valence-electron chi connectivity index (χ1n) is 4.87. The largest absolute Gasteiger partial charge is 0.450 e. The third-order valence-electron chi connectivity index (χ3n) is 1.40. The lowest BCUT2D eigenvalue weighted by Gasteiger charge is -2.00. The Morgan fingerprint density at radius 3 is 2.35 bits per heavy atom. The van der Waals surface area contributed by atoms with Gasteiger partial charge in [-0.15, -0.1) is 0 Å². The predicted molar refractivity (Wildman–Crippen MR) is 61.2 cm³/mol. The van der Waals surface area contributed by atoms with E-state index in [4.69, 9.17) is 0 Å². The van der Waals surface area contributed by atoms with Crippen molar-refractivity contribution in [2.75, 3.05) is 23.8 Å². The molecule has 8 nitrogen and oxygen atoms in total. The number of nitrogens with zero attached hydrogens (tertiary/aromatic N) is 2. The maximum atomic E-state index is 11.0. The highest BCUT2D eigenvalue weighted by molar-refractivity contribution is 7.10. The summed E-state index contributed by atoms with van der Waals surface area (Å²) in [6, 6.07) is 0. The Labute approximate surface area is 101 Å². The molecule has 2 amide bonds. The molecule has 0 bridgehead atoms. The van der Waals surface area contributed by atoms with E-state index in [2.05, 4.69) is 29.5 Å². The number of hydrogen-bond acceptors (Lipinski definition) is 7. The molecule has 9 heteroatoms. The minimum Gasteiger partial charge on any atom is -0.450 e. The van der Waals surface area contributed by atoms with Crippen LogP contribution in [-0.4, -0.2) is 34.8 Å². The molecule has 17 heavy (non-hydrogen) atoms. The average Bonchev–Trinajstić information content (AvgIpc) is 2.66. The van der Waals surface area contributed by atoms with Gasteiger partial charge < -0.3 is 9.47 Å². The van der Waals surface area contributed by atoms with Crippen molar-refractivity contribution in [2.45, 2.75) is 13.8 Å². The zero-order valence-corrected chi connectivity index (χ0v) is 10.2. The van der Waals surface area contributed by atoms with E-state index in [-0.39, 0.29) is 24.3 Å². The second-order valence-corrected chi connectivity index (χ2v) is 3.37. The van der Waals surface area contributed by atoms with Gasteiger partial charge in [0.15, 0.2) is 0 Å². The van der Waals surface area contributed by atoms with Crippen LogP contribution in [0.15, 0.2) is 0 Å². The summed E-state index contributed by atoms with van der Waals surface area (Å²) in [5.41, 5.74) is 0. The Balaban J connectivity index is 2.47. The molecule has 0 aliphatic heterocycles. The summed E-state index contributed by atoms with van der Waals surface area (Å²) in [6.07, 6.45) is -1.26. The summed E-state index contributed by atoms with van der Waals surface area (Å²) < 4.78 is 13.1. The second-order valence-electron chi connectivity index (χ2n) is 2.61. The van der Waals surface area contributed by atoms with Crippen molar-refractivity contribution in [1.29, 1.82) is 0 Å². The Morgan fingerprint density at radius 2 is 1.76 bits per heavy atom. The summed E-state index contributed by atoms with van der Waals surface area (Å²) in [7, 11) is 0. The fourth-order valence-corrected chi connectivity index (χ4v) is 1.35. The summed E-state index contributed by atoms with van der Waals surface area (Å²) in [5, 5.41) is 4.90. The van der Waals surface area contributed by atoms with Crippen molar-refractivity contribution in [2.24, 2.45) is 0 Å². The Kier molecular flexibility index (Phi) is 5.14. The zero-order chi connectivity index (χ0) is 12.7. The Bertz CT molecular complexity index is 360. The molecule has 0 spiro atoms. The molecule has 0 aromatic carbocycles. The molecule has 1 aromatic heterocycles. The van der Waals surface area contributed by atoms with Crippen LogP contribution in [0.1, 0.15) is 13.8 Å². The second kappa shape index (κ2) is 6.63. The van der Waals surface area contributed by atoms with Crippen molar-refractivity contribution in [1.82, 2.24) is 9.36 Å². The van der Waals surface area contributed by atoms with Gasteiger partial charge in [-0.2, -0.15) is 9.36 Å². The molecule has 0 unspecified atom stereocenters. The molecule has 1 aromatic rings. The lowest BCUT2D eigenvalue weighted by molar-refractivity contribution is 0.167. The number of nitrogens with one attached hydrogen (secondary N) is 2. The first kappa shape index (κ1) is 13.2. The van der Waals surface area contributed by atoms with Crippen LogP contribution in [0.2, 0.25) is 0 Å². The minimum atomic E-state index is -0.645. The number of anilines is 2. The van der Waals surface area contributed by atoms with E-state index >= 15 is 0 Å². The minimum absolute atomic E-state index is 0.0697. The monoisotopic (exact) mass is 260 g/mol. The summed E-state index contributed by atoms with van der Waals surface area (Å²) >= 11 is 0.920. The first-order chi connectivity index (χ1) is 8.15. The molecule has 1 rings (SSSR count). The van der Waals surface area contributed by atoms with Gasteiger partial charge in [0.05, 0.1) is 13.2 Å². The third-order valence-corrected chi connectivity index (χ3v) is 2.03. The summed E-state index contributed by atoms with van der Waals surface area (Å²) in [6.45, 7) is 3.89. The van der Waals surface area contributed by atoms with Crippen LogP contribution in [0.3, 0.4) is 0 Å². The normalized spacial score (nSPS) is 9.53. The molecule has 94 valence electrons. The highest BCUT2D eigenvalue weighted by Gasteiger charge is 2.10. The molecule has 0 atom stereocenters. The zero-order valence-electron chi connectivity index (χ0n) is 9.35. The van der Waals surface area contributed by atoms with E-state index in [1.54, 1.807) is 13.8 Å². The fourth-order valence-electron chi connectivity index (χ4n) is 0.838. The molecule has 0 aliphatic rings. The lowest BCUT2D eigenvalue weighted by Crippen LogP contribution is -2.15. The summed E-state index contributed by atoms with van der Waals surface area (Å²) in [5.74, 6) is 0.0697. The maximum absolute atomic E-state index is 11.0. The van der Waals surface area contributed by atoms with E-state index in [1.165, 1.54) is 0 Å². The first-order valence-corrected chi connectivity index (χ1v) is 5.64. The van der Waals surface area contributed by atoms with Crippen LogP contribution < -0.4 is 10.6 Å². The quantitative estimate of drug-likeness (QED) is 0.853. The Hall–Kier alpha value is -1.90. The van der Waals surface area contributed by atoms with Gasteiger partial charge in [0.2, 0.25) is 11.1 Å². The lowest BCUT2D eigenvalue weighted by atomic mass is 10.8. The molecule has 0 saturated carbocycles. The maximum Gasteiger partial charge on any atom is 0.414 e. The number of carbonyl (C=O) groups excluding carboxylic acids is 2. The molecule has 2 N–H and O–H groups in total. The van der Waals surface area contributed by atoms with E-state index < -0.39 is 12.2 Å². The van der Waals surface area contributed by atoms with Gasteiger partial charge in [0.25, 0.3) is 0 Å². The number of aromatic nitrogens is 2. The molecular weight excluding hydrogens is 248 g/mol. The fraction of sp³-hybridized carbons (Fsp3) is 0.500. The van der Waals surface area contributed by atoms with Gasteiger partial charge >= 0.3 is 12.2 Å². The number of hydrogen-bond donors (Lipinski definition) is 2. The van der Waals surface area contributed by atoms with Gasteiger partial charge in [0.1, 0.15) is 0 Å². The van der Waals surface area contributed by atoms with Crippen molar-refractivity contribution < 1.29 is 19.1 Å². The van der Waals surface area contributed by atoms with Gasteiger partial charge in [-0.25, -0.2) is 9.59 Å². The molecule has 1 heterocycles. The van der Waals surface area contributed by atoms with Crippen LogP contribution >= 0.6 is 11.5 Å². The van der Waals surface area contributed by atoms with Gasteiger partial charge in [-0.3, -0.25) is 10.6 Å². The molecule has 0 aliphatic carbocycles. The van der Waals surface area contributed by atoms with Crippen LogP contribution in [0.4, 0.5) is 20.7 Å². The van der Waals surface area contributed by atoms with E-state index in [1.807, 2.05) is 0 Å². The van der Waals surface area contributed by atoms with Crippen LogP contribution in [0.5, 0.6) is 0 Å². The number of ether oxygens (including phenoxy) is 2. The van der Waals surface area contributed by atoms with Crippen LogP contribution in [0.25, 0.3) is 0 Å². The van der Waals surface area contributed by atoms with Crippen molar-refractivity contribution in [3.63, 3.8) is 0 Å². The number of amides is 2. The topological polar surface area (TPSA) is 102 Å². The average molecular weight is 260 g/mol. The van der Waals surface area contributed by atoms with Crippen LogP contribution in [-0.2, 0) is 9.47 Å². The van der Waals surface area contributed by atoms with Crippen molar-refractivity contribution in [3.8, 4) is 0 Å². The third kappa shape index (κ3) is 4.64. The van der Waals surface area contributed by atoms with Crippen molar-refractivity contribution >= 4 is 34.8 Å². The van der Waals surface area contributed by atoms with E-state index in [9.17, 15) is 9.59 Å². The molecule has 0 radical (unpaired) electrons. The van der Waals surface area contributed by atoms with Crippen LogP contribution in [0, 0.1) is 0 Å². The van der Waals surface area contributed by atoms with E-state index in [0.29, 0.717) is 0 Å². The number of carbonyl (C=O) groups is 2. The predicted octanol–water partition coefficient (Wildman–Crippen LogP) is 1.67. The van der Waals surface area contributed by atoms with Gasteiger partial charge in [0, 0.05) is 11.5 Å². The standard InChI is InChI=1S/C8H12N4O4S/c1-3-15-7(13)10-5-9-6(17-12-5)11-8(14)16-4-2/h3-4H2,1-2H3,(H2,9,10,11,12,13,14). The van der Waals surface area contributed by atoms with Crippen molar-refractivity contribution in [3.05, 3.63) is 0 Å². The smallest absolute Gasteiger partial charge is 0.414 e. The van der Waals surface area contributed by atoms with Gasteiger partial charge in [-0.1, -0.05) is 0 Å². The molecule has 0 fully saturated rings.